The van der Waals surface area contributed by atoms with Crippen molar-refractivity contribution >= 4 is 25.7 Å². The lowest BCUT2D eigenvalue weighted by atomic mass is 10.1. The largest absolute Gasteiger partial charge is 0.497 e. The van der Waals surface area contributed by atoms with E-state index in [9.17, 15) is 16.8 Å². The number of ether oxygens (including phenoxy) is 2. The molecule has 30 heavy (non-hydrogen) atoms. The predicted octanol–water partition coefficient (Wildman–Crippen LogP) is 3.07. The van der Waals surface area contributed by atoms with E-state index in [2.05, 4.69) is 4.72 Å². The van der Waals surface area contributed by atoms with Crippen molar-refractivity contribution in [2.24, 2.45) is 0 Å². The minimum atomic E-state index is -3.98. The first-order valence-electron chi connectivity index (χ1n) is 9.56. The molecule has 0 saturated carbocycles. The third-order valence-electron chi connectivity index (χ3n) is 5.12. The van der Waals surface area contributed by atoms with Crippen LogP contribution >= 0.6 is 0 Å². The standard InChI is InChI=1S/C20H26N2O6S2/c1-15-6-4-5-13-22(15)30(25,26)18-10-7-16(8-11-18)21-29(23,24)20-14-17(27-2)9-12-19(20)28-3/h7-12,14-15,21H,4-6,13H2,1-3H3. The molecule has 8 nitrogen and oxygen atoms in total. The first kappa shape index (κ1) is 22.4. The topological polar surface area (TPSA) is 102 Å². The highest BCUT2D eigenvalue weighted by Crippen LogP contribution is 2.30. The Labute approximate surface area is 177 Å². The molecule has 1 N–H and O–H groups in total. The summed E-state index contributed by atoms with van der Waals surface area (Å²) in [6.45, 7) is 2.40. The second-order valence-electron chi connectivity index (χ2n) is 7.11. The van der Waals surface area contributed by atoms with E-state index in [1.807, 2.05) is 6.92 Å². The van der Waals surface area contributed by atoms with Gasteiger partial charge >= 0.3 is 0 Å². The first-order valence-corrected chi connectivity index (χ1v) is 12.5. The van der Waals surface area contributed by atoms with Crippen molar-refractivity contribution in [1.29, 1.82) is 0 Å². The maximum Gasteiger partial charge on any atom is 0.265 e. The van der Waals surface area contributed by atoms with Crippen LogP contribution in [0.25, 0.3) is 0 Å². The van der Waals surface area contributed by atoms with Gasteiger partial charge in [-0.3, -0.25) is 4.72 Å². The van der Waals surface area contributed by atoms with Crippen LogP contribution in [0.15, 0.2) is 52.3 Å². The molecule has 1 saturated heterocycles. The van der Waals surface area contributed by atoms with Gasteiger partial charge in [-0.25, -0.2) is 16.8 Å². The Hall–Kier alpha value is -2.30. The Kier molecular flexibility index (Phi) is 6.59. The Bertz CT molecular complexity index is 1100. The minimum Gasteiger partial charge on any atom is -0.497 e. The van der Waals surface area contributed by atoms with E-state index >= 15 is 0 Å². The van der Waals surface area contributed by atoms with E-state index in [4.69, 9.17) is 9.47 Å². The van der Waals surface area contributed by atoms with Gasteiger partial charge in [0, 0.05) is 24.3 Å². The maximum atomic E-state index is 12.9. The number of methoxy groups -OCH3 is 2. The fourth-order valence-electron chi connectivity index (χ4n) is 3.46. The highest BCUT2D eigenvalue weighted by Gasteiger charge is 2.31. The number of piperidine rings is 1. The molecule has 1 fully saturated rings. The second-order valence-corrected chi connectivity index (χ2v) is 10.6. The summed E-state index contributed by atoms with van der Waals surface area (Å²) in [5, 5.41) is 0. The first-order chi connectivity index (χ1) is 14.2. The van der Waals surface area contributed by atoms with Gasteiger partial charge in [-0.15, -0.1) is 0 Å². The van der Waals surface area contributed by atoms with Crippen LogP contribution in [0.1, 0.15) is 26.2 Å². The number of nitrogens with one attached hydrogen (secondary N) is 1. The molecule has 0 amide bonds. The lowest BCUT2D eigenvalue weighted by molar-refractivity contribution is 0.268. The number of sulfonamides is 2. The zero-order chi connectivity index (χ0) is 21.9. The van der Waals surface area contributed by atoms with Crippen molar-refractivity contribution in [3.63, 3.8) is 0 Å². The van der Waals surface area contributed by atoms with Gasteiger partial charge in [-0.1, -0.05) is 6.42 Å². The van der Waals surface area contributed by atoms with Gasteiger partial charge in [-0.05, 0) is 56.2 Å². The summed E-state index contributed by atoms with van der Waals surface area (Å²) in [7, 11) is -4.79. The Morgan fingerprint density at radius 1 is 0.967 bits per heavy atom. The summed E-state index contributed by atoms with van der Waals surface area (Å²) >= 11 is 0. The number of nitrogens with zero attached hydrogens (tertiary/aromatic N) is 1. The molecule has 1 unspecified atom stereocenters. The van der Waals surface area contributed by atoms with Gasteiger partial charge in [0.05, 0.1) is 19.1 Å². The lowest BCUT2D eigenvalue weighted by Crippen LogP contribution is -2.41. The van der Waals surface area contributed by atoms with Crippen LogP contribution in [0.5, 0.6) is 11.5 Å². The van der Waals surface area contributed by atoms with Crippen LogP contribution in [0, 0.1) is 0 Å². The summed E-state index contributed by atoms with van der Waals surface area (Å²) in [5.74, 6) is 0.537. The Balaban J connectivity index is 1.85. The number of anilines is 1. The van der Waals surface area contributed by atoms with Crippen molar-refractivity contribution < 1.29 is 26.3 Å². The fourth-order valence-corrected chi connectivity index (χ4v) is 6.41. The molecule has 2 aromatic rings. The molecule has 3 rings (SSSR count). The molecule has 1 aliphatic heterocycles. The molecule has 0 aromatic heterocycles. The van der Waals surface area contributed by atoms with Crippen LogP contribution < -0.4 is 14.2 Å². The molecule has 1 atom stereocenters. The molecule has 0 spiro atoms. The van der Waals surface area contributed by atoms with E-state index in [1.54, 1.807) is 6.07 Å². The number of rotatable bonds is 7. The molecule has 1 aliphatic rings. The quantitative estimate of drug-likeness (QED) is 0.690. The molecular weight excluding hydrogens is 428 g/mol. The summed E-state index contributed by atoms with van der Waals surface area (Å²) in [6.07, 6.45) is 2.69. The molecule has 164 valence electrons. The molecule has 0 aliphatic carbocycles. The smallest absolute Gasteiger partial charge is 0.265 e. The molecular formula is C20H26N2O6S2. The van der Waals surface area contributed by atoms with Crippen LogP contribution in [0.2, 0.25) is 0 Å². The summed E-state index contributed by atoms with van der Waals surface area (Å²) in [5.41, 5.74) is 0.241. The molecule has 10 heteroatoms. The Morgan fingerprint density at radius 3 is 2.27 bits per heavy atom. The van der Waals surface area contributed by atoms with Crippen LogP contribution in [-0.4, -0.2) is 47.9 Å². The fraction of sp³-hybridized carbons (Fsp3) is 0.400. The van der Waals surface area contributed by atoms with E-state index < -0.39 is 20.0 Å². The van der Waals surface area contributed by atoms with Crippen molar-refractivity contribution in [2.75, 3.05) is 25.5 Å². The van der Waals surface area contributed by atoms with Crippen molar-refractivity contribution in [2.45, 2.75) is 42.0 Å². The third kappa shape index (κ3) is 4.55. The number of hydrogen-bond acceptors (Lipinski definition) is 6. The van der Waals surface area contributed by atoms with Crippen molar-refractivity contribution in [1.82, 2.24) is 4.31 Å². The van der Waals surface area contributed by atoms with Crippen molar-refractivity contribution in [3.05, 3.63) is 42.5 Å². The van der Waals surface area contributed by atoms with Gasteiger partial charge in [-0.2, -0.15) is 4.31 Å². The molecule has 2 aromatic carbocycles. The SMILES string of the molecule is COc1ccc(OC)c(S(=O)(=O)Nc2ccc(S(=O)(=O)N3CCCCC3C)cc2)c1. The van der Waals surface area contributed by atoms with E-state index in [1.165, 1.54) is 54.9 Å². The van der Waals surface area contributed by atoms with Crippen LogP contribution in [-0.2, 0) is 20.0 Å². The molecule has 1 heterocycles. The monoisotopic (exact) mass is 454 g/mol. The normalized spacial score (nSPS) is 18.0. The zero-order valence-electron chi connectivity index (χ0n) is 17.2. The van der Waals surface area contributed by atoms with Gasteiger partial charge in [0.25, 0.3) is 10.0 Å². The predicted molar refractivity (Wildman–Crippen MR) is 114 cm³/mol. The van der Waals surface area contributed by atoms with Crippen molar-refractivity contribution in [3.8, 4) is 11.5 Å². The van der Waals surface area contributed by atoms with E-state index in [-0.39, 0.29) is 27.3 Å². The molecule has 0 radical (unpaired) electrons. The van der Waals surface area contributed by atoms with Crippen LogP contribution in [0.4, 0.5) is 5.69 Å². The van der Waals surface area contributed by atoms with E-state index in [0.717, 1.165) is 19.3 Å². The van der Waals surface area contributed by atoms with Gasteiger partial charge in [0.15, 0.2) is 0 Å². The summed E-state index contributed by atoms with van der Waals surface area (Å²) in [4.78, 5) is 0.0568. The number of hydrogen-bond donors (Lipinski definition) is 1. The Morgan fingerprint density at radius 2 is 1.67 bits per heavy atom. The molecule has 0 bridgehead atoms. The van der Waals surface area contributed by atoms with Gasteiger partial charge < -0.3 is 9.47 Å². The summed E-state index contributed by atoms with van der Waals surface area (Å²) in [6, 6.07) is 10.1. The lowest BCUT2D eigenvalue weighted by Gasteiger charge is -2.32. The van der Waals surface area contributed by atoms with Gasteiger partial charge in [0.2, 0.25) is 10.0 Å². The highest BCUT2D eigenvalue weighted by atomic mass is 32.2. The zero-order valence-corrected chi connectivity index (χ0v) is 18.8. The number of benzene rings is 2. The average molecular weight is 455 g/mol. The highest BCUT2D eigenvalue weighted by molar-refractivity contribution is 7.92. The van der Waals surface area contributed by atoms with Crippen LogP contribution in [0.3, 0.4) is 0 Å². The third-order valence-corrected chi connectivity index (χ3v) is 8.55. The van der Waals surface area contributed by atoms with Gasteiger partial charge in [0.1, 0.15) is 16.4 Å². The second kappa shape index (κ2) is 8.83. The van der Waals surface area contributed by atoms with E-state index in [0.29, 0.717) is 12.3 Å². The summed E-state index contributed by atoms with van der Waals surface area (Å²) < 4.78 is 65.8. The average Bonchev–Trinajstić information content (AvgIpc) is 2.73. The minimum absolute atomic E-state index is 0.0533. The maximum absolute atomic E-state index is 12.9.